The van der Waals surface area contributed by atoms with E-state index in [0.29, 0.717) is 25.6 Å². The summed E-state index contributed by atoms with van der Waals surface area (Å²) in [5.74, 6) is 1.39. The summed E-state index contributed by atoms with van der Waals surface area (Å²) >= 11 is 1.63. The van der Waals surface area contributed by atoms with Gasteiger partial charge in [-0.1, -0.05) is 13.0 Å². The van der Waals surface area contributed by atoms with E-state index in [4.69, 9.17) is 4.74 Å². The summed E-state index contributed by atoms with van der Waals surface area (Å²) in [5.41, 5.74) is 2.06. The van der Waals surface area contributed by atoms with Crippen molar-refractivity contribution in [1.82, 2.24) is 20.6 Å². The van der Waals surface area contributed by atoms with Gasteiger partial charge in [0, 0.05) is 45.3 Å². The van der Waals surface area contributed by atoms with Crippen LogP contribution in [0.1, 0.15) is 24.6 Å². The van der Waals surface area contributed by atoms with Gasteiger partial charge >= 0.3 is 0 Å². The summed E-state index contributed by atoms with van der Waals surface area (Å²) < 4.78 is 5.49. The second-order valence-electron chi connectivity index (χ2n) is 5.65. The molecule has 2 rings (SSSR count). The molecule has 136 valence electrons. The van der Waals surface area contributed by atoms with E-state index in [1.165, 1.54) is 0 Å². The molecule has 0 atom stereocenters. The first-order chi connectivity index (χ1) is 12.1. The predicted molar refractivity (Wildman–Crippen MR) is 104 cm³/mol. The lowest BCUT2D eigenvalue weighted by Crippen LogP contribution is -2.36. The van der Waals surface area contributed by atoms with Crippen LogP contribution in [0, 0.1) is 0 Å². The van der Waals surface area contributed by atoms with E-state index in [0.717, 1.165) is 28.8 Å². The van der Waals surface area contributed by atoms with Gasteiger partial charge in [-0.3, -0.25) is 4.99 Å². The highest BCUT2D eigenvalue weighted by Crippen LogP contribution is 2.17. The molecule has 2 aromatic heterocycles. The molecular weight excluding hydrogens is 336 g/mol. The maximum atomic E-state index is 5.49. The lowest BCUT2D eigenvalue weighted by atomic mass is 10.3. The van der Waals surface area contributed by atoms with Crippen LogP contribution < -0.4 is 20.3 Å². The van der Waals surface area contributed by atoms with E-state index >= 15 is 0 Å². The third-order valence-corrected chi connectivity index (χ3v) is 4.35. The highest BCUT2D eigenvalue weighted by atomic mass is 32.1. The van der Waals surface area contributed by atoms with Crippen LogP contribution in [-0.2, 0) is 13.1 Å². The Labute approximate surface area is 153 Å². The molecule has 8 heteroatoms. The lowest BCUT2D eigenvalue weighted by molar-refractivity contribution is 0.305. The third-order valence-electron chi connectivity index (χ3n) is 3.29. The third kappa shape index (κ3) is 6.22. The van der Waals surface area contributed by atoms with Crippen LogP contribution in [0.25, 0.3) is 0 Å². The predicted octanol–water partition coefficient (Wildman–Crippen LogP) is 2.26. The standard InChI is InChI=1S/C17H26N6OS/c1-5-8-24-15-7-6-13(9-19-15)10-20-16(18-2)21-11-14-12-25-17(22-14)23(3)4/h6-7,9,12H,5,8,10-11H2,1-4H3,(H2,18,20,21). The molecule has 0 saturated carbocycles. The Morgan fingerprint density at radius 2 is 2.08 bits per heavy atom. The topological polar surface area (TPSA) is 74.7 Å². The second-order valence-corrected chi connectivity index (χ2v) is 6.48. The van der Waals surface area contributed by atoms with Crippen LogP contribution in [0.15, 0.2) is 28.7 Å². The Bertz CT molecular complexity index is 668. The second kappa shape index (κ2) is 9.83. The number of pyridine rings is 1. The summed E-state index contributed by atoms with van der Waals surface area (Å²) in [6, 6.07) is 3.89. The Morgan fingerprint density at radius 3 is 2.68 bits per heavy atom. The molecule has 0 aliphatic rings. The smallest absolute Gasteiger partial charge is 0.213 e. The zero-order valence-electron chi connectivity index (χ0n) is 15.2. The number of nitrogens with one attached hydrogen (secondary N) is 2. The molecule has 0 saturated heterocycles. The summed E-state index contributed by atoms with van der Waals surface area (Å²) in [6.07, 6.45) is 2.79. The lowest BCUT2D eigenvalue weighted by Gasteiger charge is -2.11. The van der Waals surface area contributed by atoms with E-state index in [1.54, 1.807) is 18.4 Å². The minimum absolute atomic E-state index is 0.631. The summed E-state index contributed by atoms with van der Waals surface area (Å²) in [7, 11) is 5.73. The van der Waals surface area contributed by atoms with Crippen molar-refractivity contribution < 1.29 is 4.74 Å². The largest absolute Gasteiger partial charge is 0.478 e. The summed E-state index contributed by atoms with van der Waals surface area (Å²) in [6.45, 7) is 4.03. The van der Waals surface area contributed by atoms with Crippen LogP contribution in [0.5, 0.6) is 5.88 Å². The van der Waals surface area contributed by atoms with Gasteiger partial charge in [-0.05, 0) is 12.0 Å². The Balaban J connectivity index is 1.79. The van der Waals surface area contributed by atoms with E-state index < -0.39 is 0 Å². The molecular formula is C17H26N6OS. The maximum absolute atomic E-state index is 5.49. The maximum Gasteiger partial charge on any atom is 0.213 e. The van der Waals surface area contributed by atoms with Crippen molar-refractivity contribution >= 4 is 22.4 Å². The van der Waals surface area contributed by atoms with Crippen LogP contribution in [0.4, 0.5) is 5.13 Å². The number of hydrogen-bond acceptors (Lipinski definition) is 6. The first-order valence-corrected chi connectivity index (χ1v) is 9.14. The molecule has 25 heavy (non-hydrogen) atoms. The van der Waals surface area contributed by atoms with Crippen molar-refractivity contribution in [1.29, 1.82) is 0 Å². The van der Waals surface area contributed by atoms with E-state index in [1.807, 2.05) is 37.3 Å². The van der Waals surface area contributed by atoms with Crippen molar-refractivity contribution in [2.75, 3.05) is 32.6 Å². The molecule has 0 spiro atoms. The van der Waals surface area contributed by atoms with Gasteiger partial charge in [-0.15, -0.1) is 11.3 Å². The summed E-state index contributed by atoms with van der Waals surface area (Å²) in [4.78, 5) is 15.1. The fraction of sp³-hybridized carbons (Fsp3) is 0.471. The van der Waals surface area contributed by atoms with Gasteiger partial charge in [-0.25, -0.2) is 9.97 Å². The quantitative estimate of drug-likeness (QED) is 0.554. The fourth-order valence-corrected chi connectivity index (χ4v) is 2.73. The minimum atomic E-state index is 0.631. The molecule has 0 fully saturated rings. The fourth-order valence-electron chi connectivity index (χ4n) is 1.97. The molecule has 7 nitrogen and oxygen atoms in total. The molecule has 0 radical (unpaired) electrons. The highest BCUT2D eigenvalue weighted by molar-refractivity contribution is 7.13. The van der Waals surface area contributed by atoms with Crippen LogP contribution >= 0.6 is 11.3 Å². The van der Waals surface area contributed by atoms with E-state index in [-0.39, 0.29) is 0 Å². The molecule has 0 unspecified atom stereocenters. The van der Waals surface area contributed by atoms with E-state index in [2.05, 4.69) is 37.9 Å². The number of thiazole rings is 1. The Kier molecular flexibility index (Phi) is 7.46. The van der Waals surface area contributed by atoms with Gasteiger partial charge in [0.2, 0.25) is 5.88 Å². The Hall–Kier alpha value is -2.35. The van der Waals surface area contributed by atoms with Crippen LogP contribution in [0.2, 0.25) is 0 Å². The summed E-state index contributed by atoms with van der Waals surface area (Å²) in [5, 5.41) is 9.59. The van der Waals surface area contributed by atoms with Gasteiger partial charge in [0.25, 0.3) is 0 Å². The average Bonchev–Trinajstić information content (AvgIpc) is 3.10. The van der Waals surface area contributed by atoms with Crippen molar-refractivity contribution in [3.8, 4) is 5.88 Å². The average molecular weight is 363 g/mol. The number of hydrogen-bond donors (Lipinski definition) is 2. The minimum Gasteiger partial charge on any atom is -0.478 e. The number of nitrogens with zero attached hydrogens (tertiary/aromatic N) is 4. The molecule has 0 bridgehead atoms. The normalized spacial score (nSPS) is 11.3. The zero-order chi connectivity index (χ0) is 18.1. The van der Waals surface area contributed by atoms with E-state index in [9.17, 15) is 0 Å². The molecule has 2 heterocycles. The van der Waals surface area contributed by atoms with Gasteiger partial charge in [0.15, 0.2) is 11.1 Å². The van der Waals surface area contributed by atoms with Crippen molar-refractivity contribution in [2.45, 2.75) is 26.4 Å². The number of aromatic nitrogens is 2. The van der Waals surface area contributed by atoms with Crippen LogP contribution in [-0.4, -0.2) is 43.7 Å². The van der Waals surface area contributed by atoms with Gasteiger partial charge in [0.05, 0.1) is 18.8 Å². The van der Waals surface area contributed by atoms with Crippen molar-refractivity contribution in [3.63, 3.8) is 0 Å². The zero-order valence-corrected chi connectivity index (χ0v) is 16.1. The Morgan fingerprint density at radius 1 is 1.28 bits per heavy atom. The van der Waals surface area contributed by atoms with Crippen molar-refractivity contribution in [3.05, 3.63) is 35.0 Å². The molecule has 2 N–H and O–H groups in total. The van der Waals surface area contributed by atoms with Crippen LogP contribution in [0.3, 0.4) is 0 Å². The van der Waals surface area contributed by atoms with Gasteiger partial charge in [-0.2, -0.15) is 0 Å². The number of guanidine groups is 1. The molecule has 0 aliphatic carbocycles. The number of aliphatic imine (C=N–C) groups is 1. The number of rotatable bonds is 8. The first kappa shape index (κ1) is 19.0. The molecule has 0 aliphatic heterocycles. The SMILES string of the molecule is CCCOc1ccc(CNC(=NC)NCc2csc(N(C)C)n2)cn1. The molecule has 2 aromatic rings. The molecule has 0 amide bonds. The van der Waals surface area contributed by atoms with Crippen molar-refractivity contribution in [2.24, 2.45) is 4.99 Å². The number of ether oxygens (including phenoxy) is 1. The van der Waals surface area contributed by atoms with Gasteiger partial charge < -0.3 is 20.3 Å². The van der Waals surface area contributed by atoms with Gasteiger partial charge in [0.1, 0.15) is 0 Å². The number of anilines is 1. The highest BCUT2D eigenvalue weighted by Gasteiger charge is 2.05. The monoisotopic (exact) mass is 362 g/mol. The molecule has 0 aromatic carbocycles. The first-order valence-electron chi connectivity index (χ1n) is 8.26.